The number of amides is 4. The van der Waals surface area contributed by atoms with E-state index < -0.39 is 15.7 Å². The number of carbonyl (C=O) groups is 4. The van der Waals surface area contributed by atoms with E-state index in [2.05, 4.69) is 29.9 Å². The zero-order valence-electron chi connectivity index (χ0n) is 26.5. The number of hydrogen-bond acceptors (Lipinski definition) is 15. The molecule has 0 aliphatic heterocycles. The third-order valence-corrected chi connectivity index (χ3v) is 9.84. The minimum atomic E-state index is -3.58. The molecular weight excluding hydrogens is 677 g/mol. The summed E-state index contributed by atoms with van der Waals surface area (Å²) in [5.41, 5.74) is 0.743. The minimum Gasteiger partial charge on any atom is -0.349 e. The van der Waals surface area contributed by atoms with Crippen LogP contribution in [0, 0.1) is 0 Å². The molecule has 0 saturated carbocycles. The van der Waals surface area contributed by atoms with Crippen molar-refractivity contribution in [1.29, 1.82) is 0 Å². The number of aromatic nitrogens is 6. The normalized spacial score (nSPS) is 11.1. The highest BCUT2D eigenvalue weighted by molar-refractivity contribution is 7.98. The molecule has 0 bridgehead atoms. The van der Waals surface area contributed by atoms with Crippen molar-refractivity contribution in [3.63, 3.8) is 0 Å². The van der Waals surface area contributed by atoms with E-state index in [0.717, 1.165) is 28.9 Å². The van der Waals surface area contributed by atoms with Gasteiger partial charge in [-0.3, -0.25) is 19.2 Å². The molecule has 0 N–H and O–H groups in total. The fraction of sp³-hybridized carbons (Fsp3) is 0.462. The maximum atomic E-state index is 12.4. The molecule has 0 spiro atoms. The van der Waals surface area contributed by atoms with Crippen LogP contribution in [0.15, 0.2) is 22.7 Å². The summed E-state index contributed by atoms with van der Waals surface area (Å²) in [6.45, 7) is 0.587. The second-order valence-corrected chi connectivity index (χ2v) is 14.9. The Labute approximate surface area is 278 Å². The SMILES string of the molecule is CN(C)C(=O)CCN(C)C(=O)c1nc2c(S(C)(=O)=O)ncnc2s1.CSc1ncnc2sc(C(=O)N(C)CCC(=O)N(C)C)nc12. The second kappa shape index (κ2) is 15.6. The van der Waals surface area contributed by atoms with Crippen LogP contribution in [0.2, 0.25) is 0 Å². The number of sulfone groups is 1. The van der Waals surface area contributed by atoms with Gasteiger partial charge in [0.15, 0.2) is 24.9 Å². The smallest absolute Gasteiger partial charge is 0.282 e. The highest BCUT2D eigenvalue weighted by atomic mass is 32.2. The Kier molecular flexibility index (Phi) is 12.4. The molecule has 4 amide bonds. The van der Waals surface area contributed by atoms with Crippen LogP contribution in [-0.2, 0) is 19.4 Å². The van der Waals surface area contributed by atoms with Crippen molar-refractivity contribution in [2.24, 2.45) is 0 Å². The number of hydrogen-bond donors (Lipinski definition) is 0. The van der Waals surface area contributed by atoms with Gasteiger partial charge in [0.05, 0.1) is 0 Å². The van der Waals surface area contributed by atoms with Gasteiger partial charge in [-0.15, -0.1) is 11.8 Å². The number of nitrogens with zero attached hydrogens (tertiary/aromatic N) is 10. The molecule has 46 heavy (non-hydrogen) atoms. The topological polar surface area (TPSA) is 193 Å². The summed E-state index contributed by atoms with van der Waals surface area (Å²) in [7, 11) is 6.32. The van der Waals surface area contributed by atoms with E-state index in [1.54, 1.807) is 42.3 Å². The van der Waals surface area contributed by atoms with E-state index in [4.69, 9.17) is 0 Å². The first kappa shape index (κ1) is 36.6. The Morgan fingerprint density at radius 1 is 0.717 bits per heavy atom. The Balaban J connectivity index is 0.000000251. The Bertz CT molecular complexity index is 1860. The molecule has 248 valence electrons. The van der Waals surface area contributed by atoms with E-state index in [0.29, 0.717) is 26.7 Å². The molecule has 0 unspecified atom stereocenters. The van der Waals surface area contributed by atoms with Crippen molar-refractivity contribution in [3.8, 4) is 0 Å². The fourth-order valence-corrected chi connectivity index (χ4v) is 6.73. The molecule has 0 aliphatic rings. The van der Waals surface area contributed by atoms with Crippen LogP contribution in [0.1, 0.15) is 32.4 Å². The Hall–Kier alpha value is -3.88. The lowest BCUT2D eigenvalue weighted by atomic mass is 10.3. The van der Waals surface area contributed by atoms with Crippen LogP contribution in [0.25, 0.3) is 20.7 Å². The van der Waals surface area contributed by atoms with Gasteiger partial charge in [0, 0.05) is 74.5 Å². The van der Waals surface area contributed by atoms with Crippen LogP contribution < -0.4 is 0 Å². The maximum absolute atomic E-state index is 12.4. The van der Waals surface area contributed by atoms with Crippen LogP contribution in [-0.4, -0.2) is 149 Å². The molecule has 4 heterocycles. The second-order valence-electron chi connectivity index (χ2n) is 10.2. The lowest BCUT2D eigenvalue weighted by Gasteiger charge is -2.17. The van der Waals surface area contributed by atoms with Crippen LogP contribution in [0.3, 0.4) is 0 Å². The number of thioether (sulfide) groups is 1. The van der Waals surface area contributed by atoms with Gasteiger partial charge in [0.1, 0.15) is 38.4 Å². The molecule has 0 aromatic carbocycles. The van der Waals surface area contributed by atoms with Gasteiger partial charge in [-0.2, -0.15) is 0 Å². The van der Waals surface area contributed by atoms with Crippen molar-refractivity contribution >= 4 is 88.6 Å². The third kappa shape index (κ3) is 9.10. The average molecular weight is 711 g/mol. The summed E-state index contributed by atoms with van der Waals surface area (Å²) >= 11 is 3.70. The van der Waals surface area contributed by atoms with Crippen LogP contribution in [0.5, 0.6) is 0 Å². The largest absolute Gasteiger partial charge is 0.349 e. The van der Waals surface area contributed by atoms with Gasteiger partial charge in [0.2, 0.25) is 11.8 Å². The molecule has 16 nitrogen and oxygen atoms in total. The highest BCUT2D eigenvalue weighted by Crippen LogP contribution is 2.27. The Morgan fingerprint density at radius 3 is 1.59 bits per heavy atom. The molecule has 4 aromatic heterocycles. The first-order chi connectivity index (χ1) is 21.5. The quantitative estimate of drug-likeness (QED) is 0.170. The lowest BCUT2D eigenvalue weighted by Crippen LogP contribution is -2.32. The van der Waals surface area contributed by atoms with Crippen LogP contribution in [0.4, 0.5) is 0 Å². The predicted molar refractivity (Wildman–Crippen MR) is 176 cm³/mol. The summed E-state index contributed by atoms with van der Waals surface area (Å²) in [4.78, 5) is 79.3. The first-order valence-corrected chi connectivity index (χ1v) is 18.2. The minimum absolute atomic E-state index is 0.0144. The molecule has 0 saturated heterocycles. The van der Waals surface area contributed by atoms with E-state index in [1.807, 2.05) is 6.26 Å². The molecule has 0 atom stereocenters. The van der Waals surface area contributed by atoms with Crippen LogP contribution >= 0.6 is 34.4 Å². The van der Waals surface area contributed by atoms with Gasteiger partial charge >= 0.3 is 0 Å². The lowest BCUT2D eigenvalue weighted by molar-refractivity contribution is -0.129. The van der Waals surface area contributed by atoms with Crippen molar-refractivity contribution in [2.45, 2.75) is 22.9 Å². The predicted octanol–water partition coefficient (Wildman–Crippen LogP) is 1.40. The molecule has 0 radical (unpaired) electrons. The summed E-state index contributed by atoms with van der Waals surface area (Å²) in [5.74, 6) is -0.714. The van der Waals surface area contributed by atoms with Gasteiger partial charge in [-0.1, -0.05) is 22.7 Å². The number of rotatable bonds is 10. The Morgan fingerprint density at radius 2 is 1.15 bits per heavy atom. The van der Waals surface area contributed by atoms with Gasteiger partial charge in [-0.05, 0) is 6.26 Å². The molecule has 0 fully saturated rings. The first-order valence-electron chi connectivity index (χ1n) is 13.4. The molecule has 20 heteroatoms. The number of carbonyl (C=O) groups excluding carboxylic acids is 4. The summed E-state index contributed by atoms with van der Waals surface area (Å²) in [6, 6.07) is 0. The van der Waals surface area contributed by atoms with Gasteiger partial charge in [0.25, 0.3) is 11.8 Å². The zero-order valence-corrected chi connectivity index (χ0v) is 29.8. The average Bonchev–Trinajstić information content (AvgIpc) is 3.65. The van der Waals surface area contributed by atoms with Gasteiger partial charge < -0.3 is 19.6 Å². The summed E-state index contributed by atoms with van der Waals surface area (Å²) in [5, 5.41) is 1.03. The standard InChI is InChI=1S/C13H17N5O4S2.C13H17N5O2S2/c1-17(2)8(19)5-6-18(3)13(20)11-16-9-10(23-11)14-7-15-12(9)24(4,21)22;1-17(2)8(19)5-6-18(3)13(20)12-16-9-10(21-4)14-7-15-11(9)22-12/h7H,5-6H2,1-4H3;7H,5-6H2,1-4H3. The maximum Gasteiger partial charge on any atom is 0.282 e. The number of fused-ring (bicyclic) bond motifs is 2. The van der Waals surface area contributed by atoms with E-state index in [9.17, 15) is 27.6 Å². The monoisotopic (exact) mass is 710 g/mol. The highest BCUT2D eigenvalue weighted by Gasteiger charge is 2.23. The van der Waals surface area contributed by atoms with E-state index in [1.165, 1.54) is 49.0 Å². The molecule has 4 rings (SSSR count). The van der Waals surface area contributed by atoms with Crippen molar-refractivity contribution in [2.75, 3.05) is 67.9 Å². The molecule has 4 aromatic rings. The number of thiazole rings is 2. The fourth-order valence-electron chi connectivity index (χ4n) is 3.57. The van der Waals surface area contributed by atoms with Crippen molar-refractivity contribution in [1.82, 2.24) is 49.5 Å². The third-order valence-electron chi connectivity index (χ3n) is 6.25. The van der Waals surface area contributed by atoms with E-state index in [-0.39, 0.29) is 52.7 Å². The van der Waals surface area contributed by atoms with Gasteiger partial charge in [-0.25, -0.2) is 38.3 Å². The summed E-state index contributed by atoms with van der Waals surface area (Å²) in [6.07, 6.45) is 6.01. The van der Waals surface area contributed by atoms with Crippen molar-refractivity contribution < 1.29 is 27.6 Å². The molecule has 0 aliphatic carbocycles. The van der Waals surface area contributed by atoms with Crippen molar-refractivity contribution in [3.05, 3.63) is 22.7 Å². The molecular formula is C26H34N10O6S4. The van der Waals surface area contributed by atoms with E-state index >= 15 is 0 Å². The zero-order chi connectivity index (χ0) is 34.3. The summed E-state index contributed by atoms with van der Waals surface area (Å²) < 4.78 is 23.5.